The van der Waals surface area contributed by atoms with E-state index in [9.17, 15) is 4.79 Å². The quantitative estimate of drug-likeness (QED) is 0.762. The van der Waals surface area contributed by atoms with Crippen LogP contribution in [0, 0.1) is 6.92 Å². The molecule has 130 valence electrons. The van der Waals surface area contributed by atoms with Gasteiger partial charge in [0.1, 0.15) is 11.6 Å². The zero-order valence-electron chi connectivity index (χ0n) is 14.4. The SMILES string of the molecule is COc1ccc2[nH]c(=O)c(CN3CCC[C@H]3c3n[nH]c(C)n3)cc2c1. The van der Waals surface area contributed by atoms with Gasteiger partial charge in [-0.05, 0) is 50.6 Å². The molecule has 1 saturated heterocycles. The van der Waals surface area contributed by atoms with Crippen LogP contribution in [0.5, 0.6) is 5.75 Å². The summed E-state index contributed by atoms with van der Waals surface area (Å²) in [6.07, 6.45) is 2.09. The lowest BCUT2D eigenvalue weighted by molar-refractivity contribution is 0.239. The third-order valence-electron chi connectivity index (χ3n) is 4.78. The maximum atomic E-state index is 12.5. The summed E-state index contributed by atoms with van der Waals surface area (Å²) in [5.41, 5.74) is 1.52. The molecule has 0 bridgehead atoms. The lowest BCUT2D eigenvalue weighted by Gasteiger charge is -2.21. The molecule has 1 aliphatic rings. The van der Waals surface area contributed by atoms with Gasteiger partial charge in [0.05, 0.1) is 13.2 Å². The van der Waals surface area contributed by atoms with Gasteiger partial charge in [-0.3, -0.25) is 14.8 Å². The Labute approximate surface area is 145 Å². The molecular formula is C18H21N5O2. The normalized spacial score (nSPS) is 18.1. The van der Waals surface area contributed by atoms with E-state index >= 15 is 0 Å². The maximum absolute atomic E-state index is 12.5. The summed E-state index contributed by atoms with van der Waals surface area (Å²) in [4.78, 5) is 22.2. The first kappa shape index (κ1) is 15.8. The molecule has 0 spiro atoms. The summed E-state index contributed by atoms with van der Waals surface area (Å²) in [7, 11) is 1.64. The molecule has 1 atom stereocenters. The molecule has 3 aromatic rings. The van der Waals surface area contributed by atoms with Crippen molar-refractivity contribution in [2.45, 2.75) is 32.4 Å². The van der Waals surface area contributed by atoms with Crippen molar-refractivity contribution in [1.82, 2.24) is 25.1 Å². The van der Waals surface area contributed by atoms with Gasteiger partial charge in [-0.1, -0.05) is 0 Å². The lowest BCUT2D eigenvalue weighted by atomic mass is 10.1. The Bertz CT molecular complexity index is 961. The lowest BCUT2D eigenvalue weighted by Crippen LogP contribution is -2.27. The fourth-order valence-electron chi connectivity index (χ4n) is 3.51. The number of aromatic nitrogens is 4. The number of hydrogen-bond donors (Lipinski definition) is 2. The molecule has 1 fully saturated rings. The molecule has 0 aliphatic carbocycles. The van der Waals surface area contributed by atoms with Crippen molar-refractivity contribution in [3.05, 3.63) is 51.8 Å². The van der Waals surface area contributed by atoms with Crippen LogP contribution in [0.4, 0.5) is 0 Å². The van der Waals surface area contributed by atoms with Crippen LogP contribution < -0.4 is 10.3 Å². The molecule has 25 heavy (non-hydrogen) atoms. The Morgan fingerprint density at radius 3 is 3.00 bits per heavy atom. The van der Waals surface area contributed by atoms with E-state index in [1.807, 2.05) is 31.2 Å². The largest absolute Gasteiger partial charge is 0.497 e. The Balaban J connectivity index is 1.65. The molecule has 2 N–H and O–H groups in total. The summed E-state index contributed by atoms with van der Waals surface area (Å²) in [6.45, 7) is 3.42. The number of methoxy groups -OCH3 is 1. The molecule has 7 heteroatoms. The number of rotatable bonds is 4. The van der Waals surface area contributed by atoms with E-state index in [0.717, 1.165) is 53.3 Å². The van der Waals surface area contributed by atoms with Crippen LogP contribution in [-0.2, 0) is 6.54 Å². The van der Waals surface area contributed by atoms with Crippen LogP contribution in [0.15, 0.2) is 29.1 Å². The van der Waals surface area contributed by atoms with Gasteiger partial charge >= 0.3 is 0 Å². The van der Waals surface area contributed by atoms with E-state index in [1.165, 1.54) is 0 Å². The van der Waals surface area contributed by atoms with Crippen molar-refractivity contribution in [2.24, 2.45) is 0 Å². The van der Waals surface area contributed by atoms with E-state index in [0.29, 0.717) is 6.54 Å². The molecule has 0 unspecified atom stereocenters. The van der Waals surface area contributed by atoms with E-state index in [2.05, 4.69) is 25.1 Å². The van der Waals surface area contributed by atoms with Crippen LogP contribution in [0.1, 0.15) is 36.1 Å². The highest BCUT2D eigenvalue weighted by atomic mass is 16.5. The van der Waals surface area contributed by atoms with Crippen molar-refractivity contribution < 1.29 is 4.74 Å². The minimum atomic E-state index is -0.0468. The van der Waals surface area contributed by atoms with Crippen molar-refractivity contribution >= 4 is 10.9 Å². The molecule has 0 radical (unpaired) electrons. The minimum Gasteiger partial charge on any atom is -0.497 e. The van der Waals surface area contributed by atoms with Gasteiger partial charge < -0.3 is 9.72 Å². The number of pyridine rings is 1. The predicted molar refractivity (Wildman–Crippen MR) is 94.6 cm³/mol. The van der Waals surface area contributed by atoms with Gasteiger partial charge in [0.2, 0.25) is 0 Å². The predicted octanol–water partition coefficient (Wildman–Crippen LogP) is 2.30. The first-order valence-electron chi connectivity index (χ1n) is 8.47. The smallest absolute Gasteiger partial charge is 0.252 e. The average molecular weight is 339 g/mol. The second-order valence-electron chi connectivity index (χ2n) is 6.48. The number of aromatic amines is 2. The number of aryl methyl sites for hydroxylation is 1. The Kier molecular flexibility index (Phi) is 4.01. The third kappa shape index (κ3) is 3.02. The molecule has 1 aliphatic heterocycles. The van der Waals surface area contributed by atoms with Gasteiger partial charge in [0.15, 0.2) is 5.82 Å². The van der Waals surface area contributed by atoms with Gasteiger partial charge in [-0.15, -0.1) is 0 Å². The van der Waals surface area contributed by atoms with E-state index in [4.69, 9.17) is 4.74 Å². The highest BCUT2D eigenvalue weighted by Gasteiger charge is 2.29. The van der Waals surface area contributed by atoms with Crippen molar-refractivity contribution in [3.8, 4) is 5.75 Å². The molecule has 0 saturated carbocycles. The molecule has 2 aromatic heterocycles. The minimum absolute atomic E-state index is 0.0468. The third-order valence-corrected chi connectivity index (χ3v) is 4.78. The zero-order valence-corrected chi connectivity index (χ0v) is 14.4. The second-order valence-corrected chi connectivity index (χ2v) is 6.48. The molecule has 4 rings (SSSR count). The first-order chi connectivity index (χ1) is 12.1. The summed E-state index contributed by atoms with van der Waals surface area (Å²) in [5.74, 6) is 2.41. The molecular weight excluding hydrogens is 318 g/mol. The molecule has 1 aromatic carbocycles. The number of likely N-dealkylation sites (tertiary alicyclic amines) is 1. The molecule has 0 amide bonds. The number of hydrogen-bond acceptors (Lipinski definition) is 5. The number of nitrogens with one attached hydrogen (secondary N) is 2. The highest BCUT2D eigenvalue weighted by Crippen LogP contribution is 2.31. The second kappa shape index (κ2) is 6.33. The van der Waals surface area contributed by atoms with Crippen molar-refractivity contribution in [2.75, 3.05) is 13.7 Å². The fraction of sp³-hybridized carbons (Fsp3) is 0.389. The van der Waals surface area contributed by atoms with Gasteiger partial charge in [-0.25, -0.2) is 4.98 Å². The summed E-state index contributed by atoms with van der Waals surface area (Å²) < 4.78 is 5.28. The van der Waals surface area contributed by atoms with Crippen LogP contribution in [0.25, 0.3) is 10.9 Å². The number of ether oxygens (including phenoxy) is 1. The summed E-state index contributed by atoms with van der Waals surface area (Å²) in [6, 6.07) is 7.77. The van der Waals surface area contributed by atoms with Crippen molar-refractivity contribution in [1.29, 1.82) is 0 Å². The molecule has 3 heterocycles. The van der Waals surface area contributed by atoms with Gasteiger partial charge in [0.25, 0.3) is 5.56 Å². The fourth-order valence-corrected chi connectivity index (χ4v) is 3.51. The Morgan fingerprint density at radius 2 is 2.24 bits per heavy atom. The standard InChI is InChI=1S/C18H21N5O2/c1-11-19-17(22-21-11)16-4-3-7-23(16)10-13-8-12-9-14(25-2)5-6-15(12)20-18(13)24/h5-6,8-9,16H,3-4,7,10H2,1-2H3,(H,20,24)(H,19,21,22)/t16-/m0/s1. The summed E-state index contributed by atoms with van der Waals surface area (Å²) >= 11 is 0. The van der Waals surface area contributed by atoms with Crippen LogP contribution in [0.3, 0.4) is 0 Å². The monoisotopic (exact) mass is 339 g/mol. The van der Waals surface area contributed by atoms with E-state index in [-0.39, 0.29) is 11.6 Å². The van der Waals surface area contributed by atoms with Crippen LogP contribution in [0.2, 0.25) is 0 Å². The number of H-pyrrole nitrogens is 2. The highest BCUT2D eigenvalue weighted by molar-refractivity contribution is 5.80. The first-order valence-corrected chi connectivity index (χ1v) is 8.47. The average Bonchev–Trinajstić information content (AvgIpc) is 3.23. The maximum Gasteiger partial charge on any atom is 0.252 e. The van der Waals surface area contributed by atoms with E-state index in [1.54, 1.807) is 7.11 Å². The van der Waals surface area contributed by atoms with Crippen LogP contribution in [-0.4, -0.2) is 38.7 Å². The number of nitrogens with zero attached hydrogens (tertiary/aromatic N) is 3. The zero-order chi connectivity index (χ0) is 17.4. The Morgan fingerprint density at radius 1 is 1.36 bits per heavy atom. The summed E-state index contributed by atoms with van der Waals surface area (Å²) in [5, 5.41) is 8.18. The van der Waals surface area contributed by atoms with E-state index < -0.39 is 0 Å². The Hall–Kier alpha value is -2.67. The number of fused-ring (bicyclic) bond motifs is 1. The van der Waals surface area contributed by atoms with Gasteiger partial charge in [-0.2, -0.15) is 5.10 Å². The topological polar surface area (TPSA) is 86.9 Å². The molecule has 7 nitrogen and oxygen atoms in total. The van der Waals surface area contributed by atoms with Crippen molar-refractivity contribution in [3.63, 3.8) is 0 Å². The van der Waals surface area contributed by atoms with Crippen LogP contribution >= 0.6 is 0 Å². The number of benzene rings is 1. The van der Waals surface area contributed by atoms with Gasteiger partial charge in [0, 0.05) is 23.0 Å².